The van der Waals surface area contributed by atoms with Crippen LogP contribution in [0.1, 0.15) is 38.2 Å². The summed E-state index contributed by atoms with van der Waals surface area (Å²) >= 11 is 6.10. The van der Waals surface area contributed by atoms with E-state index in [9.17, 15) is 13.2 Å². The summed E-state index contributed by atoms with van der Waals surface area (Å²) in [5, 5.41) is 0.192. The van der Waals surface area contributed by atoms with Gasteiger partial charge in [-0.3, -0.25) is 0 Å². The van der Waals surface area contributed by atoms with E-state index >= 15 is 0 Å². The van der Waals surface area contributed by atoms with E-state index in [0.717, 1.165) is 37.7 Å². The Kier molecular flexibility index (Phi) is 6.49. The first kappa shape index (κ1) is 16.2. The highest BCUT2D eigenvalue weighted by Crippen LogP contribution is 2.23. The lowest BCUT2D eigenvalue weighted by Crippen LogP contribution is -2.17. The predicted octanol–water partition coefficient (Wildman–Crippen LogP) is 5.32. The molecule has 1 rings (SSSR count). The summed E-state index contributed by atoms with van der Waals surface area (Å²) < 4.78 is 39.7. The number of hydrogen-bond donors (Lipinski definition) is 0. The van der Waals surface area contributed by atoms with Crippen molar-refractivity contribution in [2.24, 2.45) is 0 Å². The Balaban J connectivity index is 2.36. The molecular weight excluding hydrogens is 277 g/mol. The summed E-state index contributed by atoms with van der Waals surface area (Å²) in [6, 6.07) is 5.99. The molecule has 0 aliphatic rings. The highest BCUT2D eigenvalue weighted by molar-refractivity contribution is 6.20. The fourth-order valence-corrected chi connectivity index (χ4v) is 2.22. The van der Waals surface area contributed by atoms with Gasteiger partial charge in [0.1, 0.15) is 5.75 Å². The van der Waals surface area contributed by atoms with Crippen LogP contribution in [0.3, 0.4) is 0 Å². The number of aryl methyl sites for hydroxylation is 1. The van der Waals surface area contributed by atoms with Crippen LogP contribution in [-0.4, -0.2) is 11.7 Å². The molecule has 0 bridgehead atoms. The van der Waals surface area contributed by atoms with Crippen molar-refractivity contribution in [1.29, 1.82) is 0 Å². The van der Waals surface area contributed by atoms with Crippen LogP contribution in [-0.2, 0) is 6.42 Å². The molecule has 0 saturated heterocycles. The molecule has 5 heteroatoms. The van der Waals surface area contributed by atoms with E-state index in [1.54, 1.807) is 12.1 Å². The Morgan fingerprint density at radius 1 is 1.16 bits per heavy atom. The van der Waals surface area contributed by atoms with Crippen LogP contribution in [0.4, 0.5) is 13.2 Å². The maximum Gasteiger partial charge on any atom is 0.573 e. The van der Waals surface area contributed by atoms with Gasteiger partial charge in [-0.2, -0.15) is 0 Å². The molecule has 0 fully saturated rings. The topological polar surface area (TPSA) is 9.23 Å². The van der Waals surface area contributed by atoms with E-state index < -0.39 is 6.36 Å². The van der Waals surface area contributed by atoms with Crippen LogP contribution in [0.25, 0.3) is 0 Å². The molecule has 1 nitrogen and oxygen atoms in total. The summed E-state index contributed by atoms with van der Waals surface area (Å²) in [4.78, 5) is 0. The van der Waals surface area contributed by atoms with E-state index in [1.165, 1.54) is 12.1 Å². The Morgan fingerprint density at radius 2 is 1.79 bits per heavy atom. The van der Waals surface area contributed by atoms with Gasteiger partial charge < -0.3 is 4.74 Å². The molecule has 0 aliphatic heterocycles. The van der Waals surface area contributed by atoms with Crippen LogP contribution < -0.4 is 4.74 Å². The lowest BCUT2D eigenvalue weighted by molar-refractivity contribution is -0.274. The minimum Gasteiger partial charge on any atom is -0.406 e. The molecule has 19 heavy (non-hydrogen) atoms. The zero-order chi connectivity index (χ0) is 14.3. The number of hydrogen-bond acceptors (Lipinski definition) is 1. The monoisotopic (exact) mass is 294 g/mol. The SMILES string of the molecule is CCCC(Cl)CCCc1ccc(OC(F)(F)F)cc1. The zero-order valence-corrected chi connectivity index (χ0v) is 11.6. The van der Waals surface area contributed by atoms with Gasteiger partial charge in [0.15, 0.2) is 0 Å². The molecule has 0 saturated carbocycles. The number of benzene rings is 1. The van der Waals surface area contributed by atoms with Crippen LogP contribution in [0.5, 0.6) is 5.75 Å². The number of rotatable bonds is 7. The van der Waals surface area contributed by atoms with Gasteiger partial charge in [0, 0.05) is 5.38 Å². The first-order valence-electron chi connectivity index (χ1n) is 6.39. The first-order valence-corrected chi connectivity index (χ1v) is 6.83. The van der Waals surface area contributed by atoms with Gasteiger partial charge in [0.05, 0.1) is 0 Å². The normalized spacial score (nSPS) is 13.3. The van der Waals surface area contributed by atoms with E-state index in [2.05, 4.69) is 11.7 Å². The smallest absolute Gasteiger partial charge is 0.406 e. The van der Waals surface area contributed by atoms with Crippen molar-refractivity contribution >= 4 is 11.6 Å². The van der Waals surface area contributed by atoms with Gasteiger partial charge in [-0.25, -0.2) is 0 Å². The van der Waals surface area contributed by atoms with Crippen molar-refractivity contribution in [3.05, 3.63) is 29.8 Å². The Morgan fingerprint density at radius 3 is 2.32 bits per heavy atom. The zero-order valence-electron chi connectivity index (χ0n) is 10.8. The van der Waals surface area contributed by atoms with Crippen LogP contribution in [0.15, 0.2) is 24.3 Å². The third-order valence-electron chi connectivity index (χ3n) is 2.74. The molecular formula is C14H18ClF3O. The second-order valence-electron chi connectivity index (χ2n) is 4.47. The first-order chi connectivity index (χ1) is 8.90. The standard InChI is InChI=1S/C14H18ClF3O/c1-2-4-12(15)6-3-5-11-7-9-13(10-8-11)19-14(16,17)18/h7-10,12H,2-6H2,1H3. The van der Waals surface area contributed by atoms with Crippen LogP contribution >= 0.6 is 11.6 Å². The maximum atomic E-state index is 12.0. The Bertz CT molecular complexity index is 362. The molecule has 0 amide bonds. The summed E-state index contributed by atoms with van der Waals surface area (Å²) in [7, 11) is 0. The quantitative estimate of drug-likeness (QED) is 0.619. The van der Waals surface area contributed by atoms with Gasteiger partial charge >= 0.3 is 6.36 Å². The van der Waals surface area contributed by atoms with E-state index in [-0.39, 0.29) is 11.1 Å². The van der Waals surface area contributed by atoms with Crippen molar-refractivity contribution in [2.75, 3.05) is 0 Å². The van der Waals surface area contributed by atoms with Crippen LogP contribution in [0.2, 0.25) is 0 Å². The third kappa shape index (κ3) is 7.31. The van der Waals surface area contributed by atoms with Crippen molar-refractivity contribution < 1.29 is 17.9 Å². The Hall–Kier alpha value is -0.900. The summed E-state index contributed by atoms with van der Waals surface area (Å²) in [5.74, 6) is -0.183. The lowest BCUT2D eigenvalue weighted by Gasteiger charge is -2.10. The number of alkyl halides is 4. The second kappa shape index (κ2) is 7.63. The number of ether oxygens (including phenoxy) is 1. The molecule has 1 atom stereocenters. The molecule has 0 aliphatic carbocycles. The van der Waals surface area contributed by atoms with Gasteiger partial charge in [0.25, 0.3) is 0 Å². The fraction of sp³-hybridized carbons (Fsp3) is 0.571. The van der Waals surface area contributed by atoms with Crippen molar-refractivity contribution in [1.82, 2.24) is 0 Å². The third-order valence-corrected chi connectivity index (χ3v) is 3.18. The number of halogens is 4. The molecule has 108 valence electrons. The summed E-state index contributed by atoms with van der Waals surface area (Å²) in [6.07, 6.45) is 0.119. The molecule has 0 spiro atoms. The summed E-state index contributed by atoms with van der Waals surface area (Å²) in [5.41, 5.74) is 0.995. The van der Waals surface area contributed by atoms with Gasteiger partial charge in [-0.1, -0.05) is 25.5 Å². The van der Waals surface area contributed by atoms with E-state index in [0.29, 0.717) is 0 Å². The lowest BCUT2D eigenvalue weighted by atomic mass is 10.1. The van der Waals surface area contributed by atoms with Crippen LogP contribution in [0, 0.1) is 0 Å². The molecule has 0 aromatic heterocycles. The van der Waals surface area contributed by atoms with Crippen molar-refractivity contribution in [2.45, 2.75) is 50.8 Å². The maximum absolute atomic E-state index is 12.0. The van der Waals surface area contributed by atoms with Gasteiger partial charge in [-0.15, -0.1) is 24.8 Å². The molecule has 0 heterocycles. The molecule has 1 aromatic carbocycles. The molecule has 1 unspecified atom stereocenters. The molecule has 1 aromatic rings. The minimum absolute atomic E-state index is 0.183. The predicted molar refractivity (Wildman–Crippen MR) is 70.6 cm³/mol. The fourth-order valence-electron chi connectivity index (χ4n) is 1.84. The van der Waals surface area contributed by atoms with E-state index in [1.807, 2.05) is 0 Å². The second-order valence-corrected chi connectivity index (χ2v) is 5.09. The highest BCUT2D eigenvalue weighted by Gasteiger charge is 2.30. The minimum atomic E-state index is -4.63. The van der Waals surface area contributed by atoms with Gasteiger partial charge in [0.2, 0.25) is 0 Å². The average Bonchev–Trinajstić information content (AvgIpc) is 2.30. The highest BCUT2D eigenvalue weighted by atomic mass is 35.5. The Labute approximate surface area is 116 Å². The average molecular weight is 295 g/mol. The van der Waals surface area contributed by atoms with Crippen molar-refractivity contribution in [3.63, 3.8) is 0 Å². The van der Waals surface area contributed by atoms with Gasteiger partial charge in [-0.05, 0) is 43.4 Å². The molecule has 0 radical (unpaired) electrons. The summed E-state index contributed by atoms with van der Waals surface area (Å²) in [6.45, 7) is 2.09. The largest absolute Gasteiger partial charge is 0.573 e. The van der Waals surface area contributed by atoms with E-state index in [4.69, 9.17) is 11.6 Å². The van der Waals surface area contributed by atoms with Crippen molar-refractivity contribution in [3.8, 4) is 5.75 Å². The molecule has 0 N–H and O–H groups in total.